The second-order valence-electron chi connectivity index (χ2n) is 2.54. The zero-order valence-electron chi connectivity index (χ0n) is 5.04. The van der Waals surface area contributed by atoms with E-state index in [-0.39, 0.29) is 12.8 Å². The van der Waals surface area contributed by atoms with Crippen LogP contribution in [0.5, 0.6) is 0 Å². The number of hydrogen-bond donors (Lipinski definition) is 0. The van der Waals surface area contributed by atoms with E-state index in [2.05, 4.69) is 0 Å². The van der Waals surface area contributed by atoms with Gasteiger partial charge in [0.1, 0.15) is 0 Å². The van der Waals surface area contributed by atoms with Crippen LogP contribution in [0.4, 0.5) is 13.2 Å². The second kappa shape index (κ2) is 2.20. The molecule has 0 unspecified atom stereocenters. The summed E-state index contributed by atoms with van der Waals surface area (Å²) in [6.45, 7) is 0. The van der Waals surface area contributed by atoms with Gasteiger partial charge in [-0.15, -0.1) is 0 Å². The van der Waals surface area contributed by atoms with Crippen LogP contribution in [-0.4, -0.2) is 12.1 Å². The maximum atomic E-state index is 12.7. The molecule has 0 aliphatic heterocycles. The molecule has 3 heteroatoms. The van der Waals surface area contributed by atoms with Gasteiger partial charge in [0.25, 0.3) is 6.43 Å². The van der Waals surface area contributed by atoms with Crippen molar-refractivity contribution in [3.8, 4) is 0 Å². The SMILES string of the molecule is FC(F)C1(F)CCCC1. The first-order chi connectivity index (χ1) is 4.15. The van der Waals surface area contributed by atoms with Crippen LogP contribution in [0, 0.1) is 0 Å². The third-order valence-corrected chi connectivity index (χ3v) is 1.83. The molecule has 1 fully saturated rings. The number of alkyl halides is 3. The second-order valence-corrected chi connectivity index (χ2v) is 2.54. The first kappa shape index (κ1) is 6.90. The quantitative estimate of drug-likeness (QED) is 0.522. The molecule has 0 aromatic rings. The molecular weight excluding hydrogens is 129 g/mol. The molecule has 0 spiro atoms. The molecule has 0 heterocycles. The molecule has 1 saturated carbocycles. The maximum Gasteiger partial charge on any atom is 0.272 e. The van der Waals surface area contributed by atoms with Crippen molar-refractivity contribution in [1.82, 2.24) is 0 Å². The molecule has 1 aliphatic carbocycles. The fraction of sp³-hybridized carbons (Fsp3) is 1.00. The van der Waals surface area contributed by atoms with Crippen LogP contribution in [0.2, 0.25) is 0 Å². The van der Waals surface area contributed by atoms with Crippen LogP contribution >= 0.6 is 0 Å². The van der Waals surface area contributed by atoms with Gasteiger partial charge in [0.2, 0.25) is 0 Å². The summed E-state index contributed by atoms with van der Waals surface area (Å²) >= 11 is 0. The van der Waals surface area contributed by atoms with E-state index in [4.69, 9.17) is 0 Å². The Kier molecular flexibility index (Phi) is 1.68. The number of halogens is 3. The van der Waals surface area contributed by atoms with Crippen LogP contribution in [-0.2, 0) is 0 Å². The Balaban J connectivity index is 2.51. The van der Waals surface area contributed by atoms with Crippen LogP contribution in [0.15, 0.2) is 0 Å². The van der Waals surface area contributed by atoms with E-state index in [0.717, 1.165) is 0 Å². The van der Waals surface area contributed by atoms with Crippen molar-refractivity contribution in [1.29, 1.82) is 0 Å². The predicted molar refractivity (Wildman–Crippen MR) is 28.3 cm³/mol. The lowest BCUT2D eigenvalue weighted by molar-refractivity contribution is -0.0297. The molecule has 0 saturated heterocycles. The molecule has 0 amide bonds. The van der Waals surface area contributed by atoms with Crippen molar-refractivity contribution in [3.63, 3.8) is 0 Å². The summed E-state index contributed by atoms with van der Waals surface area (Å²) < 4.78 is 36.2. The van der Waals surface area contributed by atoms with Gasteiger partial charge in [-0.3, -0.25) is 0 Å². The molecule has 0 radical (unpaired) electrons. The smallest absolute Gasteiger partial charge is 0.238 e. The zero-order valence-corrected chi connectivity index (χ0v) is 5.04. The Hall–Kier alpha value is -0.210. The molecule has 54 valence electrons. The average Bonchev–Trinajstić information content (AvgIpc) is 2.16. The van der Waals surface area contributed by atoms with Crippen LogP contribution in [0.25, 0.3) is 0 Å². The minimum absolute atomic E-state index is 0.0463. The number of rotatable bonds is 1. The van der Waals surface area contributed by atoms with Crippen molar-refractivity contribution in [2.45, 2.75) is 37.8 Å². The monoisotopic (exact) mass is 138 g/mol. The van der Waals surface area contributed by atoms with Gasteiger partial charge in [0, 0.05) is 0 Å². The topological polar surface area (TPSA) is 0 Å². The summed E-state index contributed by atoms with van der Waals surface area (Å²) in [6, 6.07) is 0. The first-order valence-electron chi connectivity index (χ1n) is 3.12. The van der Waals surface area contributed by atoms with E-state index in [0.29, 0.717) is 12.8 Å². The Morgan fingerprint density at radius 3 is 1.78 bits per heavy atom. The van der Waals surface area contributed by atoms with E-state index in [9.17, 15) is 13.2 Å². The third-order valence-electron chi connectivity index (χ3n) is 1.83. The highest BCUT2D eigenvalue weighted by molar-refractivity contribution is 4.86. The normalized spacial score (nSPS) is 25.3. The molecule has 0 N–H and O–H groups in total. The van der Waals surface area contributed by atoms with Crippen molar-refractivity contribution < 1.29 is 13.2 Å². The summed E-state index contributed by atoms with van der Waals surface area (Å²) in [7, 11) is 0. The summed E-state index contributed by atoms with van der Waals surface area (Å²) in [6.07, 6.45) is -1.46. The minimum atomic E-state index is -2.78. The first-order valence-corrected chi connectivity index (χ1v) is 3.12. The van der Waals surface area contributed by atoms with Crippen LogP contribution in [0.3, 0.4) is 0 Å². The van der Waals surface area contributed by atoms with Gasteiger partial charge in [-0.05, 0) is 25.7 Å². The van der Waals surface area contributed by atoms with Gasteiger partial charge < -0.3 is 0 Å². The number of hydrogen-bond acceptors (Lipinski definition) is 0. The standard InChI is InChI=1S/C6H9F3/c7-5(8)6(9)3-1-2-4-6/h5H,1-4H2. The van der Waals surface area contributed by atoms with E-state index in [1.807, 2.05) is 0 Å². The van der Waals surface area contributed by atoms with Gasteiger partial charge in [-0.2, -0.15) is 0 Å². The highest BCUT2D eigenvalue weighted by Crippen LogP contribution is 2.38. The van der Waals surface area contributed by atoms with E-state index < -0.39 is 12.1 Å². The minimum Gasteiger partial charge on any atom is -0.238 e. The lowest BCUT2D eigenvalue weighted by Gasteiger charge is -2.16. The zero-order chi connectivity index (χ0) is 6.91. The predicted octanol–water partition coefficient (Wildman–Crippen LogP) is 2.53. The van der Waals surface area contributed by atoms with Crippen LogP contribution in [0.1, 0.15) is 25.7 Å². The van der Waals surface area contributed by atoms with Gasteiger partial charge in [-0.25, -0.2) is 13.2 Å². The van der Waals surface area contributed by atoms with E-state index in [1.54, 1.807) is 0 Å². The highest BCUT2D eigenvalue weighted by Gasteiger charge is 2.42. The lowest BCUT2D eigenvalue weighted by atomic mass is 10.1. The summed E-state index contributed by atoms with van der Waals surface area (Å²) in [5.74, 6) is 0. The molecule has 0 nitrogen and oxygen atoms in total. The van der Waals surface area contributed by atoms with E-state index in [1.165, 1.54) is 0 Å². The Morgan fingerprint density at radius 2 is 1.56 bits per heavy atom. The van der Waals surface area contributed by atoms with Crippen molar-refractivity contribution in [2.75, 3.05) is 0 Å². The van der Waals surface area contributed by atoms with Gasteiger partial charge in [0.05, 0.1) is 0 Å². The molecule has 1 rings (SSSR count). The van der Waals surface area contributed by atoms with Crippen molar-refractivity contribution in [2.24, 2.45) is 0 Å². The lowest BCUT2D eigenvalue weighted by Crippen LogP contribution is -2.27. The van der Waals surface area contributed by atoms with Gasteiger partial charge in [0.15, 0.2) is 5.67 Å². The Morgan fingerprint density at radius 1 is 1.11 bits per heavy atom. The summed E-state index contributed by atoms with van der Waals surface area (Å²) in [4.78, 5) is 0. The molecular formula is C6H9F3. The molecule has 0 atom stereocenters. The summed E-state index contributed by atoms with van der Waals surface area (Å²) in [5, 5.41) is 0. The Labute approximate surface area is 52.1 Å². The van der Waals surface area contributed by atoms with Crippen LogP contribution < -0.4 is 0 Å². The van der Waals surface area contributed by atoms with Gasteiger partial charge in [-0.1, -0.05) is 0 Å². The summed E-state index contributed by atoms with van der Waals surface area (Å²) in [5.41, 5.74) is -2.14. The average molecular weight is 138 g/mol. The van der Waals surface area contributed by atoms with Crippen molar-refractivity contribution >= 4 is 0 Å². The molecule has 9 heavy (non-hydrogen) atoms. The fourth-order valence-corrected chi connectivity index (χ4v) is 1.18. The molecule has 0 aromatic carbocycles. The molecule has 0 bridgehead atoms. The van der Waals surface area contributed by atoms with Crippen molar-refractivity contribution in [3.05, 3.63) is 0 Å². The van der Waals surface area contributed by atoms with Gasteiger partial charge >= 0.3 is 0 Å². The maximum absolute atomic E-state index is 12.7. The van der Waals surface area contributed by atoms with E-state index >= 15 is 0 Å². The molecule has 1 aliphatic rings. The highest BCUT2D eigenvalue weighted by atomic mass is 19.3. The largest absolute Gasteiger partial charge is 0.272 e. The molecule has 0 aromatic heterocycles. The fourth-order valence-electron chi connectivity index (χ4n) is 1.18. The Bertz CT molecular complexity index is 94.5. The third kappa shape index (κ3) is 1.19.